The minimum absolute atomic E-state index is 0.114. The number of benzene rings is 1. The lowest BCUT2D eigenvalue weighted by Gasteiger charge is -2.32. The van der Waals surface area contributed by atoms with Gasteiger partial charge in [-0.25, -0.2) is 8.78 Å². The Morgan fingerprint density at radius 2 is 2.00 bits per heavy atom. The molecule has 23 heavy (non-hydrogen) atoms. The first-order chi connectivity index (χ1) is 11.1. The van der Waals surface area contributed by atoms with Gasteiger partial charge in [-0.3, -0.25) is 4.79 Å². The summed E-state index contributed by atoms with van der Waals surface area (Å²) in [5.74, 6) is -0.516. The van der Waals surface area contributed by atoms with Crippen LogP contribution in [0.5, 0.6) is 0 Å². The number of piperidine rings is 1. The van der Waals surface area contributed by atoms with Crippen molar-refractivity contribution in [2.45, 2.75) is 25.7 Å². The minimum Gasteiger partial charge on any atom is -0.459 e. The summed E-state index contributed by atoms with van der Waals surface area (Å²) in [5, 5.41) is 0. The summed E-state index contributed by atoms with van der Waals surface area (Å²) >= 11 is 0. The van der Waals surface area contributed by atoms with Crippen LogP contribution in [0.4, 0.5) is 8.78 Å². The van der Waals surface area contributed by atoms with Crippen LogP contribution in [0, 0.1) is 17.6 Å². The summed E-state index contributed by atoms with van der Waals surface area (Å²) in [5.41, 5.74) is 0.141. The Balaban J connectivity index is 1.60. The number of furan rings is 1. The molecule has 1 aliphatic heterocycles. The molecule has 1 atom stereocenters. The van der Waals surface area contributed by atoms with E-state index in [2.05, 4.69) is 0 Å². The molecule has 3 nitrogen and oxygen atoms in total. The third-order valence-corrected chi connectivity index (χ3v) is 4.40. The van der Waals surface area contributed by atoms with Gasteiger partial charge in [0.1, 0.15) is 11.6 Å². The Bertz CT molecular complexity index is 649. The molecule has 1 saturated heterocycles. The Labute approximate surface area is 133 Å². The van der Waals surface area contributed by atoms with E-state index in [0.29, 0.717) is 31.7 Å². The molecule has 0 bridgehead atoms. The highest BCUT2D eigenvalue weighted by molar-refractivity contribution is 5.91. The molecule has 0 spiro atoms. The largest absolute Gasteiger partial charge is 0.459 e. The van der Waals surface area contributed by atoms with Gasteiger partial charge in [-0.1, -0.05) is 6.07 Å². The maximum absolute atomic E-state index is 13.7. The number of hydrogen-bond donors (Lipinski definition) is 0. The summed E-state index contributed by atoms with van der Waals surface area (Å²) < 4.78 is 32.5. The number of hydrogen-bond acceptors (Lipinski definition) is 2. The molecule has 5 heteroatoms. The van der Waals surface area contributed by atoms with Crippen LogP contribution in [0.25, 0.3) is 0 Å². The maximum atomic E-state index is 13.7. The smallest absolute Gasteiger partial charge is 0.289 e. The number of rotatable bonds is 4. The fourth-order valence-corrected chi connectivity index (χ4v) is 3.16. The van der Waals surface area contributed by atoms with Gasteiger partial charge in [-0.05, 0) is 55.9 Å². The number of carbonyl (C=O) groups excluding carboxylic acids is 1. The van der Waals surface area contributed by atoms with Crippen LogP contribution in [0.15, 0.2) is 41.0 Å². The lowest BCUT2D eigenvalue weighted by Crippen LogP contribution is -2.39. The van der Waals surface area contributed by atoms with E-state index in [4.69, 9.17) is 4.42 Å². The van der Waals surface area contributed by atoms with Crippen molar-refractivity contribution in [2.24, 2.45) is 5.92 Å². The van der Waals surface area contributed by atoms with E-state index in [9.17, 15) is 13.6 Å². The van der Waals surface area contributed by atoms with Crippen LogP contribution in [0.1, 0.15) is 35.4 Å². The average molecular weight is 319 g/mol. The summed E-state index contributed by atoms with van der Waals surface area (Å²) in [6, 6.07) is 7.28. The summed E-state index contributed by atoms with van der Waals surface area (Å²) in [4.78, 5) is 14.1. The molecule has 1 amide bonds. The Kier molecular flexibility index (Phi) is 4.74. The number of amides is 1. The highest BCUT2D eigenvalue weighted by Gasteiger charge is 2.26. The van der Waals surface area contributed by atoms with Gasteiger partial charge in [0.25, 0.3) is 5.91 Å². The van der Waals surface area contributed by atoms with Crippen molar-refractivity contribution in [3.05, 3.63) is 59.6 Å². The highest BCUT2D eigenvalue weighted by atomic mass is 19.1. The number of likely N-dealkylation sites (tertiary alicyclic amines) is 1. The molecule has 1 aliphatic rings. The van der Waals surface area contributed by atoms with Crippen molar-refractivity contribution in [1.82, 2.24) is 4.90 Å². The van der Waals surface area contributed by atoms with Gasteiger partial charge in [0.05, 0.1) is 6.26 Å². The Morgan fingerprint density at radius 3 is 2.70 bits per heavy atom. The molecule has 0 radical (unpaired) electrons. The lowest BCUT2D eigenvalue weighted by molar-refractivity contribution is 0.0636. The molecule has 122 valence electrons. The number of halogens is 2. The molecule has 1 unspecified atom stereocenters. The molecule has 1 aromatic carbocycles. The van der Waals surface area contributed by atoms with Crippen LogP contribution in [0.3, 0.4) is 0 Å². The van der Waals surface area contributed by atoms with Crippen molar-refractivity contribution in [3.8, 4) is 0 Å². The van der Waals surface area contributed by atoms with Gasteiger partial charge in [-0.2, -0.15) is 0 Å². The lowest BCUT2D eigenvalue weighted by atomic mass is 9.91. The second-order valence-electron chi connectivity index (χ2n) is 5.98. The van der Waals surface area contributed by atoms with Crippen LogP contribution in [-0.4, -0.2) is 23.9 Å². The topological polar surface area (TPSA) is 33.5 Å². The minimum atomic E-state index is -0.496. The zero-order valence-corrected chi connectivity index (χ0v) is 12.8. The second-order valence-corrected chi connectivity index (χ2v) is 5.98. The van der Waals surface area contributed by atoms with Crippen molar-refractivity contribution in [1.29, 1.82) is 0 Å². The average Bonchev–Trinajstić information content (AvgIpc) is 3.08. The standard InChI is InChI=1S/C18H19F2NO2/c19-15-5-1-6-16(20)14(15)9-8-13-4-2-10-21(12-13)18(22)17-7-3-11-23-17/h1,3,5-7,11,13H,2,4,8-10,12H2. The van der Waals surface area contributed by atoms with Gasteiger partial charge in [0, 0.05) is 18.7 Å². The highest BCUT2D eigenvalue weighted by Crippen LogP contribution is 2.24. The number of carbonyl (C=O) groups is 1. The monoisotopic (exact) mass is 319 g/mol. The van der Waals surface area contributed by atoms with E-state index in [1.165, 1.54) is 24.5 Å². The van der Waals surface area contributed by atoms with Crippen LogP contribution < -0.4 is 0 Å². The first kappa shape index (κ1) is 15.7. The zero-order chi connectivity index (χ0) is 16.2. The summed E-state index contributed by atoms with van der Waals surface area (Å²) in [7, 11) is 0. The van der Waals surface area contributed by atoms with Gasteiger partial charge in [-0.15, -0.1) is 0 Å². The second kappa shape index (κ2) is 6.94. The molecule has 2 heterocycles. The van der Waals surface area contributed by atoms with E-state index in [-0.39, 0.29) is 17.4 Å². The first-order valence-electron chi connectivity index (χ1n) is 7.91. The molecule has 3 rings (SSSR count). The van der Waals surface area contributed by atoms with Crippen molar-refractivity contribution in [3.63, 3.8) is 0 Å². The summed E-state index contributed by atoms with van der Waals surface area (Å²) in [6.07, 6.45) is 4.37. The number of nitrogens with zero attached hydrogens (tertiary/aromatic N) is 1. The third-order valence-electron chi connectivity index (χ3n) is 4.40. The predicted molar refractivity (Wildman–Crippen MR) is 82.0 cm³/mol. The van der Waals surface area contributed by atoms with E-state index in [1.54, 1.807) is 17.0 Å². The Hall–Kier alpha value is -2.17. The fourth-order valence-electron chi connectivity index (χ4n) is 3.16. The molecule has 2 aromatic rings. The molecule has 0 aliphatic carbocycles. The molecule has 0 N–H and O–H groups in total. The SMILES string of the molecule is O=C(c1ccco1)N1CCCC(CCc2c(F)cccc2F)C1. The van der Waals surface area contributed by atoms with Gasteiger partial charge >= 0.3 is 0 Å². The normalized spacial score (nSPS) is 18.2. The van der Waals surface area contributed by atoms with Crippen LogP contribution in [-0.2, 0) is 6.42 Å². The van der Waals surface area contributed by atoms with Crippen LogP contribution >= 0.6 is 0 Å². The molecule has 1 aromatic heterocycles. The summed E-state index contributed by atoms with van der Waals surface area (Å²) in [6.45, 7) is 1.31. The molecule has 0 saturated carbocycles. The quantitative estimate of drug-likeness (QED) is 0.852. The van der Waals surface area contributed by atoms with Gasteiger partial charge in [0.15, 0.2) is 5.76 Å². The zero-order valence-electron chi connectivity index (χ0n) is 12.8. The van der Waals surface area contributed by atoms with Crippen molar-refractivity contribution in [2.75, 3.05) is 13.1 Å². The third kappa shape index (κ3) is 3.60. The van der Waals surface area contributed by atoms with Crippen LogP contribution in [0.2, 0.25) is 0 Å². The van der Waals surface area contributed by atoms with E-state index in [1.807, 2.05) is 0 Å². The first-order valence-corrected chi connectivity index (χ1v) is 7.91. The van der Waals surface area contributed by atoms with Gasteiger partial charge < -0.3 is 9.32 Å². The maximum Gasteiger partial charge on any atom is 0.289 e. The predicted octanol–water partition coefficient (Wildman–Crippen LogP) is 4.04. The molecular weight excluding hydrogens is 300 g/mol. The van der Waals surface area contributed by atoms with Crippen molar-refractivity contribution >= 4 is 5.91 Å². The van der Waals surface area contributed by atoms with E-state index < -0.39 is 11.6 Å². The Morgan fingerprint density at radius 1 is 1.22 bits per heavy atom. The van der Waals surface area contributed by atoms with E-state index >= 15 is 0 Å². The van der Waals surface area contributed by atoms with Gasteiger partial charge in [0.2, 0.25) is 0 Å². The fraction of sp³-hybridized carbons (Fsp3) is 0.389. The van der Waals surface area contributed by atoms with Crippen molar-refractivity contribution < 1.29 is 18.0 Å². The van der Waals surface area contributed by atoms with E-state index in [0.717, 1.165) is 12.8 Å². The molecule has 1 fully saturated rings. The molecular formula is C18H19F2NO2.